The molecule has 0 aliphatic carbocycles. The molecular weight excluding hydrogens is 478 g/mol. The van der Waals surface area contributed by atoms with Gasteiger partial charge in [-0.3, -0.25) is 9.89 Å². The van der Waals surface area contributed by atoms with Crippen molar-refractivity contribution in [2.45, 2.75) is 20.4 Å². The molecule has 3 aromatic rings. The molecule has 3 N–H and O–H groups in total. The third kappa shape index (κ3) is 6.96. The zero-order valence-corrected chi connectivity index (χ0v) is 22.4. The van der Waals surface area contributed by atoms with E-state index in [4.69, 9.17) is 14.5 Å². The van der Waals surface area contributed by atoms with Crippen molar-refractivity contribution in [1.29, 1.82) is 0 Å². The second-order valence-electron chi connectivity index (χ2n) is 10.1. The van der Waals surface area contributed by atoms with Crippen LogP contribution in [-0.4, -0.2) is 83.6 Å². The summed E-state index contributed by atoms with van der Waals surface area (Å²) in [6.07, 6.45) is 2.11. The Labute approximate surface area is 224 Å². The number of aromatic nitrogens is 3. The minimum Gasteiger partial charge on any atom is -0.369 e. The molecule has 0 unspecified atom stereocenters. The molecule has 4 heterocycles. The van der Waals surface area contributed by atoms with Gasteiger partial charge in [0.15, 0.2) is 5.76 Å². The van der Waals surface area contributed by atoms with Crippen molar-refractivity contribution in [3.05, 3.63) is 59.9 Å². The number of benzene rings is 1. The van der Waals surface area contributed by atoms with Gasteiger partial charge in [0.05, 0.1) is 13.1 Å². The molecular formula is C28H37N9O. The largest absolute Gasteiger partial charge is 0.369 e. The molecule has 38 heavy (non-hydrogen) atoms. The zero-order valence-electron chi connectivity index (χ0n) is 22.4. The van der Waals surface area contributed by atoms with Gasteiger partial charge in [0.25, 0.3) is 0 Å². The van der Waals surface area contributed by atoms with Gasteiger partial charge in [-0.25, -0.2) is 0 Å². The van der Waals surface area contributed by atoms with Gasteiger partial charge in [0, 0.05) is 57.0 Å². The van der Waals surface area contributed by atoms with E-state index in [1.54, 1.807) is 0 Å². The van der Waals surface area contributed by atoms with E-state index in [0.29, 0.717) is 30.0 Å². The van der Waals surface area contributed by atoms with Gasteiger partial charge in [0.2, 0.25) is 5.95 Å². The molecule has 2 aromatic heterocycles. The van der Waals surface area contributed by atoms with Crippen molar-refractivity contribution in [2.24, 2.45) is 10.9 Å². The molecule has 0 atom stereocenters. The van der Waals surface area contributed by atoms with Crippen molar-refractivity contribution >= 4 is 23.4 Å². The molecule has 0 amide bonds. The lowest BCUT2D eigenvalue weighted by atomic mass is 10.0. The second-order valence-corrected chi connectivity index (χ2v) is 10.1. The number of hydrogen-bond donors (Lipinski definition) is 3. The Hall–Kier alpha value is -3.76. The second kappa shape index (κ2) is 12.2. The van der Waals surface area contributed by atoms with Crippen LogP contribution >= 0.6 is 0 Å². The maximum Gasteiger partial charge on any atom is 0.227 e. The third-order valence-corrected chi connectivity index (χ3v) is 6.86. The van der Waals surface area contributed by atoms with Crippen molar-refractivity contribution in [2.75, 3.05) is 68.8 Å². The monoisotopic (exact) mass is 515 g/mol. The summed E-state index contributed by atoms with van der Waals surface area (Å²) < 4.78 is 5.55. The average molecular weight is 516 g/mol. The number of amidine groups is 1. The summed E-state index contributed by atoms with van der Waals surface area (Å²) in [6, 6.07) is 13.8. The Morgan fingerprint density at radius 1 is 0.974 bits per heavy atom. The molecule has 1 fully saturated rings. The number of aliphatic imine (C=N–C) groups is 1. The fraction of sp³-hybridized carbons (Fsp3) is 0.429. The molecule has 5 rings (SSSR count). The maximum atomic E-state index is 5.55. The minimum absolute atomic E-state index is 0.419. The fourth-order valence-electron chi connectivity index (χ4n) is 4.40. The highest BCUT2D eigenvalue weighted by atomic mass is 16.5. The highest BCUT2D eigenvalue weighted by Gasteiger charge is 2.15. The molecule has 0 spiro atoms. The normalized spacial score (nSPS) is 16.4. The van der Waals surface area contributed by atoms with Crippen molar-refractivity contribution < 1.29 is 4.52 Å². The molecule has 1 saturated heterocycles. The van der Waals surface area contributed by atoms with Crippen LogP contribution in [0.15, 0.2) is 63.6 Å². The van der Waals surface area contributed by atoms with Crippen LogP contribution in [0.25, 0.3) is 11.3 Å². The van der Waals surface area contributed by atoms with E-state index in [9.17, 15) is 0 Å². The van der Waals surface area contributed by atoms with Crippen LogP contribution in [-0.2, 0) is 6.54 Å². The minimum atomic E-state index is 0.419. The number of piperazine rings is 1. The van der Waals surface area contributed by atoms with Crippen LogP contribution < -0.4 is 16.0 Å². The number of anilines is 3. The Morgan fingerprint density at radius 2 is 1.76 bits per heavy atom. The zero-order chi connectivity index (χ0) is 26.3. The van der Waals surface area contributed by atoms with Gasteiger partial charge in [0.1, 0.15) is 23.2 Å². The quantitative estimate of drug-likeness (QED) is 0.372. The van der Waals surface area contributed by atoms with Gasteiger partial charge in [-0.15, -0.1) is 0 Å². The molecule has 10 heteroatoms. The lowest BCUT2D eigenvalue weighted by Crippen LogP contribution is -2.45. The third-order valence-electron chi connectivity index (χ3n) is 6.86. The summed E-state index contributed by atoms with van der Waals surface area (Å²) in [7, 11) is 2.18. The van der Waals surface area contributed by atoms with E-state index in [0.717, 1.165) is 68.7 Å². The van der Waals surface area contributed by atoms with Gasteiger partial charge in [-0.05, 0) is 24.6 Å². The molecule has 0 saturated carbocycles. The number of nitrogens with zero attached hydrogens (tertiary/aromatic N) is 6. The predicted molar refractivity (Wildman–Crippen MR) is 153 cm³/mol. The summed E-state index contributed by atoms with van der Waals surface area (Å²) in [5, 5.41) is 14.3. The van der Waals surface area contributed by atoms with Crippen LogP contribution in [0.3, 0.4) is 0 Å². The molecule has 0 radical (unpaired) electrons. The summed E-state index contributed by atoms with van der Waals surface area (Å²) in [5.74, 6) is 3.95. The molecule has 2 aliphatic heterocycles. The van der Waals surface area contributed by atoms with E-state index in [1.807, 2.05) is 42.5 Å². The van der Waals surface area contributed by atoms with Crippen molar-refractivity contribution in [1.82, 2.24) is 24.9 Å². The maximum absolute atomic E-state index is 5.55. The summed E-state index contributed by atoms with van der Waals surface area (Å²) >= 11 is 0. The van der Waals surface area contributed by atoms with Crippen molar-refractivity contribution in [3.8, 4) is 11.3 Å². The van der Waals surface area contributed by atoms with E-state index in [1.165, 1.54) is 5.57 Å². The van der Waals surface area contributed by atoms with E-state index in [-0.39, 0.29) is 0 Å². The average Bonchev–Trinajstić information content (AvgIpc) is 3.59. The van der Waals surface area contributed by atoms with Crippen molar-refractivity contribution in [3.63, 3.8) is 0 Å². The fourth-order valence-corrected chi connectivity index (χ4v) is 4.40. The Kier molecular flexibility index (Phi) is 8.30. The highest BCUT2D eigenvalue weighted by molar-refractivity contribution is 6.05. The molecule has 1 aromatic carbocycles. The summed E-state index contributed by atoms with van der Waals surface area (Å²) in [6.45, 7) is 11.7. The van der Waals surface area contributed by atoms with Gasteiger partial charge in [-0.2, -0.15) is 9.97 Å². The first-order valence-corrected chi connectivity index (χ1v) is 13.3. The van der Waals surface area contributed by atoms with Gasteiger partial charge in [-0.1, -0.05) is 49.3 Å². The number of hydrogen-bond acceptors (Lipinski definition) is 10. The number of likely N-dealkylation sites (N-methyl/N-ethyl adjacent to an activating group) is 1. The van der Waals surface area contributed by atoms with Crippen LogP contribution in [0.2, 0.25) is 0 Å². The first-order chi connectivity index (χ1) is 18.5. The van der Waals surface area contributed by atoms with Crippen LogP contribution in [0, 0.1) is 5.92 Å². The van der Waals surface area contributed by atoms with E-state index < -0.39 is 0 Å². The summed E-state index contributed by atoms with van der Waals surface area (Å²) in [4.78, 5) is 18.9. The molecule has 10 nitrogen and oxygen atoms in total. The first kappa shape index (κ1) is 25.9. The molecule has 2 aliphatic rings. The Morgan fingerprint density at radius 3 is 2.53 bits per heavy atom. The lowest BCUT2D eigenvalue weighted by Gasteiger charge is -2.32. The number of nitrogens with one attached hydrogen (secondary N) is 3. The smallest absolute Gasteiger partial charge is 0.227 e. The van der Waals surface area contributed by atoms with E-state index in [2.05, 4.69) is 62.9 Å². The molecule has 0 bridgehead atoms. The lowest BCUT2D eigenvalue weighted by molar-refractivity contribution is 0.158. The predicted octanol–water partition coefficient (Wildman–Crippen LogP) is 3.81. The Bertz CT molecular complexity index is 1260. The highest BCUT2D eigenvalue weighted by Crippen LogP contribution is 2.21. The first-order valence-electron chi connectivity index (χ1n) is 13.3. The summed E-state index contributed by atoms with van der Waals surface area (Å²) in [5.41, 5.74) is 3.13. The number of rotatable bonds is 10. The topological polar surface area (TPSA) is 107 Å². The standard InChI is InChI=1S/C28H37N9O/c1-20(2)22-15-25(30-18-22)32-27-17-26(29-9-10-37-13-11-36(3)12-14-37)33-28(34-27)31-19-23-16-24(35-38-23)21-7-5-4-6-8-21/h4-8,15-17,20H,9-14,18-19H2,1-3H3,(H3,29,30,31,32,33,34). The van der Waals surface area contributed by atoms with Crippen LogP contribution in [0.4, 0.5) is 17.6 Å². The van der Waals surface area contributed by atoms with Gasteiger partial charge >= 0.3 is 0 Å². The van der Waals surface area contributed by atoms with Crippen LogP contribution in [0.5, 0.6) is 0 Å². The van der Waals surface area contributed by atoms with Crippen LogP contribution in [0.1, 0.15) is 19.6 Å². The SMILES string of the molecule is CC(C)C1=CC(Nc2cc(NCCN3CCN(C)CC3)nc(NCc3cc(-c4ccccc4)no3)n2)=NC1. The van der Waals surface area contributed by atoms with E-state index >= 15 is 0 Å². The van der Waals surface area contributed by atoms with Gasteiger partial charge < -0.3 is 25.4 Å². The molecule has 200 valence electrons. The Balaban J connectivity index is 1.25.